The van der Waals surface area contributed by atoms with Gasteiger partial charge in [-0.15, -0.1) is 0 Å². The maximum absolute atomic E-state index is 15.4. The molecule has 2 bridgehead atoms. The van der Waals surface area contributed by atoms with E-state index in [1.165, 1.54) is 27.7 Å². The molecule has 1 N–H and O–H groups in total. The molecule has 1 spiro atoms. The van der Waals surface area contributed by atoms with Gasteiger partial charge in [-0.2, -0.15) is 0 Å². The minimum atomic E-state index is -1.36. The van der Waals surface area contributed by atoms with E-state index in [1.807, 2.05) is 19.9 Å². The van der Waals surface area contributed by atoms with Crippen molar-refractivity contribution in [1.82, 2.24) is 0 Å². The monoisotopic (exact) mass is 658 g/mol. The predicted octanol–water partition coefficient (Wildman–Crippen LogP) is 2.61. The second kappa shape index (κ2) is 10.1. The van der Waals surface area contributed by atoms with Crippen LogP contribution in [-0.4, -0.2) is 83.8 Å². The molecular weight excluding hydrogens is 616 g/mol. The van der Waals surface area contributed by atoms with Gasteiger partial charge in [0, 0.05) is 56.8 Å². The number of carbonyl (C=O) groups is 5. The lowest BCUT2D eigenvalue weighted by molar-refractivity contribution is -0.374. The van der Waals surface area contributed by atoms with Gasteiger partial charge in [-0.3, -0.25) is 24.0 Å². The fourth-order valence-corrected chi connectivity index (χ4v) is 11.6. The molecule has 1 aromatic rings. The smallest absolute Gasteiger partial charge is 0.304 e. The van der Waals surface area contributed by atoms with Crippen LogP contribution in [0.4, 0.5) is 0 Å². The third kappa shape index (κ3) is 3.79. The molecular formula is C34H42O13. The number of esters is 4. The predicted molar refractivity (Wildman–Crippen MR) is 156 cm³/mol. The van der Waals surface area contributed by atoms with Crippen molar-refractivity contribution < 1.29 is 61.9 Å². The summed E-state index contributed by atoms with van der Waals surface area (Å²) in [4.78, 5) is 65.8. The summed E-state index contributed by atoms with van der Waals surface area (Å²) in [6.45, 7) is 10.4. The third-order valence-electron chi connectivity index (χ3n) is 13.1. The normalized spacial score (nSPS) is 48.9. The maximum atomic E-state index is 15.4. The number of epoxide rings is 1. The number of aliphatic hydroxyl groups excluding tert-OH is 1. The molecule has 0 aromatic carbocycles. The van der Waals surface area contributed by atoms with E-state index in [0.29, 0.717) is 6.42 Å². The van der Waals surface area contributed by atoms with Gasteiger partial charge in [0.2, 0.25) is 6.29 Å². The highest BCUT2D eigenvalue weighted by Gasteiger charge is 2.93. The average molecular weight is 659 g/mol. The number of fused-ring (bicyclic) bond motifs is 1. The zero-order valence-electron chi connectivity index (χ0n) is 27.6. The molecule has 0 amide bonds. The van der Waals surface area contributed by atoms with Gasteiger partial charge in [-0.25, -0.2) is 0 Å². The first-order valence-electron chi connectivity index (χ1n) is 16.2. The molecule has 4 aliphatic carbocycles. The van der Waals surface area contributed by atoms with Crippen molar-refractivity contribution in [2.24, 2.45) is 33.5 Å². The van der Waals surface area contributed by atoms with Gasteiger partial charge in [-0.1, -0.05) is 13.8 Å². The number of hydrogen-bond acceptors (Lipinski definition) is 13. The first-order chi connectivity index (χ1) is 22.0. The van der Waals surface area contributed by atoms with Crippen LogP contribution in [0.1, 0.15) is 79.2 Å². The number of ether oxygens (including phenoxy) is 6. The number of carbonyl (C=O) groups excluding carboxylic acids is 5. The number of furan rings is 1. The standard InChI is InChI=1S/C34H42O13/c1-15(35)43-23-12-22(39)33-14-42-29(46-18(4)38)30(23,5)21(33)11-24(44-16(2)36)32(7)27(33)26(40)28(45-17(3)37)31(6)20(19-8-9-41-13-19)10-25-34(31,32)47-25/h8-9,13,20-25,27-29,39H,10-12,14H2,1-7H3/t20-,21-,22-,23+,24+,25+,27-,28-,29?,30+,31+,32+,33+,34+/m0/s1. The lowest BCUT2D eigenvalue weighted by Crippen LogP contribution is -2.82. The van der Waals surface area contributed by atoms with Crippen LogP contribution in [0.5, 0.6) is 0 Å². The fraction of sp³-hybridized carbons (Fsp3) is 0.735. The first kappa shape index (κ1) is 32.3. The number of Topliss-reactive ketones (excluding diaryl/α,β-unsaturated/α-hetero) is 1. The van der Waals surface area contributed by atoms with Crippen LogP contribution in [0.3, 0.4) is 0 Å². The van der Waals surface area contributed by atoms with E-state index < -0.39 is 106 Å². The van der Waals surface area contributed by atoms with Crippen LogP contribution in [-0.2, 0) is 52.4 Å². The molecule has 3 heterocycles. The number of ketones is 1. The molecule has 4 saturated carbocycles. The van der Waals surface area contributed by atoms with Gasteiger partial charge in [-0.05, 0) is 37.3 Å². The fourth-order valence-electron chi connectivity index (χ4n) is 11.6. The molecule has 13 nitrogen and oxygen atoms in total. The Labute approximate surface area is 271 Å². The molecule has 256 valence electrons. The van der Waals surface area contributed by atoms with Crippen molar-refractivity contribution in [2.45, 2.75) is 116 Å². The van der Waals surface area contributed by atoms with Crippen molar-refractivity contribution in [3.63, 3.8) is 0 Å². The summed E-state index contributed by atoms with van der Waals surface area (Å²) in [6.07, 6.45) is -2.35. The Balaban J connectivity index is 1.47. The Morgan fingerprint density at radius 2 is 1.49 bits per heavy atom. The maximum Gasteiger partial charge on any atom is 0.304 e. The van der Waals surface area contributed by atoms with Crippen LogP contribution in [0.2, 0.25) is 0 Å². The Bertz CT molecular complexity index is 1540. The summed E-state index contributed by atoms with van der Waals surface area (Å²) >= 11 is 0. The van der Waals surface area contributed by atoms with E-state index in [4.69, 9.17) is 32.8 Å². The lowest BCUT2D eigenvalue weighted by Gasteiger charge is -2.73. The summed E-state index contributed by atoms with van der Waals surface area (Å²) < 4.78 is 42.2. The number of aliphatic hydroxyl groups is 1. The van der Waals surface area contributed by atoms with E-state index in [-0.39, 0.29) is 25.4 Å². The van der Waals surface area contributed by atoms with Crippen LogP contribution in [0, 0.1) is 33.5 Å². The molecule has 6 aliphatic rings. The topological polar surface area (TPSA) is 177 Å². The quantitative estimate of drug-likeness (QED) is 0.278. The van der Waals surface area contributed by atoms with Crippen molar-refractivity contribution in [1.29, 1.82) is 0 Å². The first-order valence-corrected chi connectivity index (χ1v) is 16.2. The van der Waals surface area contributed by atoms with Crippen LogP contribution in [0.15, 0.2) is 23.0 Å². The van der Waals surface area contributed by atoms with E-state index in [0.717, 1.165) is 5.56 Å². The molecule has 47 heavy (non-hydrogen) atoms. The van der Waals surface area contributed by atoms with E-state index in [9.17, 15) is 24.3 Å². The largest absolute Gasteiger partial charge is 0.472 e. The summed E-state index contributed by atoms with van der Waals surface area (Å²) in [5, 5.41) is 12.3. The van der Waals surface area contributed by atoms with Crippen LogP contribution >= 0.6 is 0 Å². The highest BCUT2D eigenvalue weighted by molar-refractivity contribution is 5.93. The van der Waals surface area contributed by atoms with E-state index in [2.05, 4.69) is 0 Å². The third-order valence-corrected chi connectivity index (χ3v) is 13.1. The molecule has 13 heteroatoms. The molecule has 7 rings (SSSR count). The van der Waals surface area contributed by atoms with Gasteiger partial charge in [0.05, 0.1) is 42.2 Å². The Hall–Kier alpha value is -3.29. The summed E-state index contributed by atoms with van der Waals surface area (Å²) in [5.74, 6) is -5.06. The van der Waals surface area contributed by atoms with Gasteiger partial charge in [0.25, 0.3) is 0 Å². The van der Waals surface area contributed by atoms with E-state index in [1.54, 1.807) is 19.5 Å². The van der Waals surface area contributed by atoms with E-state index >= 15 is 4.79 Å². The zero-order chi connectivity index (χ0) is 34.1. The van der Waals surface area contributed by atoms with Gasteiger partial charge in [0.1, 0.15) is 17.8 Å². The van der Waals surface area contributed by atoms with Gasteiger partial charge in [0.15, 0.2) is 11.9 Å². The van der Waals surface area contributed by atoms with Gasteiger partial charge >= 0.3 is 23.9 Å². The Kier molecular flexibility index (Phi) is 6.94. The SMILES string of the molecule is CC(=O)OC1OC[C@@]23[C@H]4C(=O)[C@H](OC(C)=O)[C@@]5(C)[C@H](c6ccoc6)C[C@H]6O[C@]65[C@]4(C)[C@H](OC(C)=O)C[C@H]2[C@]1(C)[C@H](OC(C)=O)C[C@@H]3O. The van der Waals surface area contributed by atoms with Gasteiger partial charge < -0.3 is 37.9 Å². The summed E-state index contributed by atoms with van der Waals surface area (Å²) in [6, 6.07) is 1.83. The van der Waals surface area contributed by atoms with Crippen molar-refractivity contribution in [3.8, 4) is 0 Å². The molecule has 1 unspecified atom stereocenters. The Morgan fingerprint density at radius 1 is 0.851 bits per heavy atom. The second-order valence-electron chi connectivity index (χ2n) is 15.0. The summed E-state index contributed by atoms with van der Waals surface area (Å²) in [5.41, 5.74) is -5.29. The van der Waals surface area contributed by atoms with Crippen LogP contribution in [0.25, 0.3) is 0 Å². The molecule has 2 saturated heterocycles. The lowest BCUT2D eigenvalue weighted by atomic mass is 9.33. The minimum absolute atomic E-state index is 0.0732. The summed E-state index contributed by atoms with van der Waals surface area (Å²) in [7, 11) is 0. The minimum Gasteiger partial charge on any atom is -0.472 e. The highest BCUT2D eigenvalue weighted by atomic mass is 16.7. The zero-order valence-corrected chi connectivity index (χ0v) is 27.6. The second-order valence-corrected chi connectivity index (χ2v) is 15.0. The highest BCUT2D eigenvalue weighted by Crippen LogP contribution is 2.83. The van der Waals surface area contributed by atoms with Crippen molar-refractivity contribution in [3.05, 3.63) is 24.2 Å². The van der Waals surface area contributed by atoms with Crippen molar-refractivity contribution in [2.75, 3.05) is 6.61 Å². The molecule has 14 atom stereocenters. The van der Waals surface area contributed by atoms with Crippen molar-refractivity contribution >= 4 is 29.7 Å². The molecule has 2 aliphatic heterocycles. The molecule has 1 aromatic heterocycles. The average Bonchev–Trinajstić information content (AvgIpc) is 3.33. The van der Waals surface area contributed by atoms with Crippen LogP contribution < -0.4 is 0 Å². The number of rotatable bonds is 5. The number of hydrogen-bond donors (Lipinski definition) is 1. The molecule has 0 radical (unpaired) electrons. The Morgan fingerprint density at radius 3 is 2.09 bits per heavy atom. The molecule has 6 fully saturated rings.